The van der Waals surface area contributed by atoms with E-state index in [-0.39, 0.29) is 23.4 Å². The molecule has 220 valence electrons. The minimum Gasteiger partial charge on any atom is -0.355 e. The normalized spacial score (nSPS) is 11.7. The predicted octanol–water partition coefficient (Wildman–Crippen LogP) is 6.89. The van der Waals surface area contributed by atoms with Crippen LogP contribution in [-0.4, -0.2) is 39.3 Å². The first-order valence-electron chi connectivity index (χ1n) is 13.1. The smallest absolute Gasteiger partial charge is 0.355 e. The van der Waals surface area contributed by atoms with Crippen LogP contribution in [0.5, 0.6) is 0 Å². The van der Waals surface area contributed by atoms with Gasteiger partial charge < -0.3 is 16.0 Å². The second-order valence-electron chi connectivity index (χ2n) is 9.14. The van der Waals surface area contributed by atoms with Crippen molar-refractivity contribution in [3.05, 3.63) is 77.7 Å². The van der Waals surface area contributed by atoms with Crippen LogP contribution in [0.3, 0.4) is 0 Å². The summed E-state index contributed by atoms with van der Waals surface area (Å²) in [6, 6.07) is 11.6. The molecule has 1 atom stereocenters. The van der Waals surface area contributed by atoms with Gasteiger partial charge in [0.1, 0.15) is 11.4 Å². The van der Waals surface area contributed by atoms with Crippen LogP contribution in [0.1, 0.15) is 41.8 Å². The molecule has 1 amide bonds. The summed E-state index contributed by atoms with van der Waals surface area (Å²) in [5.41, 5.74) is 1.87. The molecule has 0 radical (unpaired) electrons. The van der Waals surface area contributed by atoms with Gasteiger partial charge in [0.2, 0.25) is 12.1 Å². The van der Waals surface area contributed by atoms with E-state index < -0.39 is 31.5 Å². The maximum atomic E-state index is 13.9. The van der Waals surface area contributed by atoms with Crippen LogP contribution in [0.2, 0.25) is 0 Å². The lowest BCUT2D eigenvalue weighted by Gasteiger charge is -2.17. The molecule has 2 heterocycles. The number of hydrogen-bond acceptors (Lipinski definition) is 8. The van der Waals surface area contributed by atoms with Crippen molar-refractivity contribution in [2.45, 2.75) is 39.2 Å². The lowest BCUT2D eigenvalue weighted by atomic mass is 10.0. The molecule has 0 aliphatic heterocycles. The molecule has 0 saturated carbocycles. The number of aromatic nitrogens is 4. The molecule has 2 aromatic heterocycles. The van der Waals surface area contributed by atoms with Crippen molar-refractivity contribution in [3.8, 4) is 11.1 Å². The predicted molar refractivity (Wildman–Crippen MR) is 154 cm³/mol. The van der Waals surface area contributed by atoms with Crippen LogP contribution in [-0.2, 0) is 28.0 Å². The average Bonchev–Trinajstić information content (AvgIpc) is 3.42. The topological polar surface area (TPSA) is 123 Å². The Morgan fingerprint density at radius 1 is 1.05 bits per heavy atom. The molecule has 4 aromatic rings. The molecule has 0 aliphatic rings. The third kappa shape index (κ3) is 7.68. The van der Waals surface area contributed by atoms with Crippen molar-refractivity contribution in [3.63, 3.8) is 0 Å². The highest BCUT2D eigenvalue weighted by atomic mass is 31.1. The maximum absolute atomic E-state index is 13.9. The van der Waals surface area contributed by atoms with Gasteiger partial charge >= 0.3 is 14.2 Å². The lowest BCUT2D eigenvalue weighted by Crippen LogP contribution is -2.20. The molecular formula is C28H30F3N7O3P+. The first-order valence-corrected chi connectivity index (χ1v) is 14.5. The first kappa shape index (κ1) is 30.6. The van der Waals surface area contributed by atoms with Crippen molar-refractivity contribution >= 4 is 37.1 Å². The van der Waals surface area contributed by atoms with E-state index in [0.717, 1.165) is 24.1 Å². The molecule has 14 heteroatoms. The molecule has 0 bridgehead atoms. The zero-order valence-electron chi connectivity index (χ0n) is 23.2. The molecular weight excluding hydrogens is 570 g/mol. The van der Waals surface area contributed by atoms with Crippen LogP contribution in [0.4, 0.5) is 36.3 Å². The highest BCUT2D eigenvalue weighted by Crippen LogP contribution is 2.37. The maximum Gasteiger partial charge on any atom is 0.512 e. The van der Waals surface area contributed by atoms with Crippen molar-refractivity contribution in [1.29, 1.82) is 0 Å². The standard InChI is InChI=1S/C28H29F3N7O3P/c1-4-12-38-16-20(14-34-38)19-8-11-24(22(13-19)26(39)32-3)36-25-23(28(29,30)31)15-33-27(37-25)35-21-9-6-18(7-10-21)17-42(40)41-5-2/h6-11,13-16H,4-5,12,17H2,1-3H3,(H2-,32,33,35,36,37,39)/p+1. The molecule has 0 aliphatic carbocycles. The lowest BCUT2D eigenvalue weighted by molar-refractivity contribution is -0.137. The number of alkyl halides is 3. The van der Waals surface area contributed by atoms with Gasteiger partial charge in [0, 0.05) is 42.8 Å². The number of nitrogens with zero attached hydrogens (tertiary/aromatic N) is 4. The zero-order chi connectivity index (χ0) is 30.3. The SMILES string of the molecule is CCCn1cc(-c2ccc(Nc3nc(Nc4ccc(C[P+](=O)OCC)cc4)ncc3C(F)(F)F)c(C(=O)NC)c2)cn1. The Morgan fingerprint density at radius 3 is 2.48 bits per heavy atom. The molecule has 42 heavy (non-hydrogen) atoms. The van der Waals surface area contributed by atoms with Crippen molar-refractivity contribution < 1.29 is 27.1 Å². The average molecular weight is 601 g/mol. The van der Waals surface area contributed by atoms with Crippen molar-refractivity contribution in [1.82, 2.24) is 25.1 Å². The van der Waals surface area contributed by atoms with Crippen molar-refractivity contribution in [2.75, 3.05) is 24.3 Å². The van der Waals surface area contributed by atoms with Gasteiger partial charge in [0.05, 0.1) is 24.1 Å². The minimum absolute atomic E-state index is 0.0971. The van der Waals surface area contributed by atoms with E-state index in [2.05, 4.69) is 31.0 Å². The molecule has 1 unspecified atom stereocenters. The Hall–Kier alpha value is -4.35. The fourth-order valence-electron chi connectivity index (χ4n) is 4.05. The van der Waals surface area contributed by atoms with Crippen LogP contribution >= 0.6 is 8.03 Å². The van der Waals surface area contributed by atoms with Gasteiger partial charge in [-0.1, -0.05) is 25.1 Å². The number of rotatable bonds is 12. The summed E-state index contributed by atoms with van der Waals surface area (Å²) >= 11 is 0. The molecule has 0 spiro atoms. The summed E-state index contributed by atoms with van der Waals surface area (Å²) in [4.78, 5) is 20.7. The van der Waals surface area contributed by atoms with Crippen LogP contribution in [0.25, 0.3) is 11.1 Å². The fraction of sp³-hybridized carbons (Fsp3) is 0.286. The monoisotopic (exact) mass is 600 g/mol. The van der Waals surface area contributed by atoms with Gasteiger partial charge in [-0.3, -0.25) is 9.48 Å². The summed E-state index contributed by atoms with van der Waals surface area (Å²) in [6.45, 7) is 4.86. The van der Waals surface area contributed by atoms with Gasteiger partial charge in [-0.05, 0) is 47.7 Å². The molecule has 10 nitrogen and oxygen atoms in total. The Balaban J connectivity index is 1.63. The van der Waals surface area contributed by atoms with Crippen LogP contribution in [0.15, 0.2) is 61.1 Å². The van der Waals surface area contributed by atoms with Crippen LogP contribution < -0.4 is 16.0 Å². The number of halogens is 3. The van der Waals surface area contributed by atoms with Crippen LogP contribution in [0, 0.1) is 0 Å². The third-order valence-electron chi connectivity index (χ3n) is 6.05. The number of amides is 1. The van der Waals surface area contributed by atoms with E-state index in [4.69, 9.17) is 4.52 Å². The Bertz CT molecular complexity index is 1560. The van der Waals surface area contributed by atoms with Gasteiger partial charge in [0.15, 0.2) is 0 Å². The molecule has 0 saturated heterocycles. The van der Waals surface area contributed by atoms with E-state index in [9.17, 15) is 22.5 Å². The summed E-state index contributed by atoms with van der Waals surface area (Å²) in [6.07, 6.45) is 0.556. The number of benzene rings is 2. The Kier molecular flexibility index (Phi) is 9.87. The van der Waals surface area contributed by atoms with Gasteiger partial charge in [-0.15, -0.1) is 4.52 Å². The number of carbonyl (C=O) groups excluding carboxylic acids is 1. The quantitative estimate of drug-likeness (QED) is 0.150. The zero-order valence-corrected chi connectivity index (χ0v) is 24.1. The van der Waals surface area contributed by atoms with E-state index >= 15 is 0 Å². The third-order valence-corrected chi connectivity index (χ3v) is 7.22. The number of carbonyl (C=O) groups is 1. The highest BCUT2D eigenvalue weighted by Gasteiger charge is 2.35. The molecule has 3 N–H and O–H groups in total. The Morgan fingerprint density at radius 2 is 1.81 bits per heavy atom. The summed E-state index contributed by atoms with van der Waals surface area (Å²) in [7, 11) is -0.389. The number of hydrogen-bond donors (Lipinski definition) is 3. The Labute approximate surface area is 241 Å². The largest absolute Gasteiger partial charge is 0.512 e. The summed E-state index contributed by atoms with van der Waals surface area (Å²) < 4.78 is 60.5. The summed E-state index contributed by atoms with van der Waals surface area (Å²) in [5.74, 6) is -1.12. The van der Waals surface area contributed by atoms with E-state index in [1.807, 2.05) is 13.1 Å². The molecule has 0 fully saturated rings. The highest BCUT2D eigenvalue weighted by molar-refractivity contribution is 7.38. The minimum atomic E-state index is -4.76. The molecule has 2 aromatic carbocycles. The number of aryl methyl sites for hydroxylation is 1. The second-order valence-corrected chi connectivity index (χ2v) is 10.4. The number of nitrogens with one attached hydrogen (secondary N) is 3. The number of anilines is 4. The van der Waals surface area contributed by atoms with E-state index in [1.54, 1.807) is 54.2 Å². The van der Waals surface area contributed by atoms with Gasteiger partial charge in [0.25, 0.3) is 5.91 Å². The van der Waals surface area contributed by atoms with Gasteiger partial charge in [-0.25, -0.2) is 4.98 Å². The summed E-state index contributed by atoms with van der Waals surface area (Å²) in [5, 5.41) is 12.4. The second kappa shape index (κ2) is 13.5. The van der Waals surface area contributed by atoms with Crippen molar-refractivity contribution in [2.24, 2.45) is 0 Å². The van der Waals surface area contributed by atoms with E-state index in [1.165, 1.54) is 13.1 Å². The molecule has 4 rings (SSSR count). The van der Waals surface area contributed by atoms with Gasteiger partial charge in [-0.2, -0.15) is 23.3 Å². The van der Waals surface area contributed by atoms with E-state index in [0.29, 0.717) is 24.1 Å². The fourth-order valence-corrected chi connectivity index (χ4v) is 4.94. The first-order chi connectivity index (χ1) is 20.1.